The number of nitrogens with zero attached hydrogens (tertiary/aromatic N) is 1. The molecule has 1 amide bonds. The molecule has 6 heteroatoms. The van der Waals surface area contributed by atoms with Gasteiger partial charge in [0.15, 0.2) is 9.84 Å². The molecular weight excluding hydrogens is 252 g/mol. The Labute approximate surface area is 109 Å². The van der Waals surface area contributed by atoms with Crippen LogP contribution in [0.2, 0.25) is 0 Å². The van der Waals surface area contributed by atoms with Gasteiger partial charge in [-0.3, -0.25) is 4.79 Å². The van der Waals surface area contributed by atoms with Gasteiger partial charge in [0.05, 0.1) is 17.5 Å². The molecule has 2 aliphatic heterocycles. The van der Waals surface area contributed by atoms with Crippen LogP contribution in [0, 0.1) is 0 Å². The zero-order valence-corrected chi connectivity index (χ0v) is 11.9. The van der Waals surface area contributed by atoms with E-state index in [2.05, 4.69) is 12.2 Å². The topological polar surface area (TPSA) is 66.5 Å². The van der Waals surface area contributed by atoms with Gasteiger partial charge in [0.1, 0.15) is 0 Å². The van der Waals surface area contributed by atoms with Crippen LogP contribution in [-0.4, -0.2) is 55.9 Å². The molecule has 3 atom stereocenters. The molecule has 0 aromatic heterocycles. The number of rotatable bonds is 2. The summed E-state index contributed by atoms with van der Waals surface area (Å²) in [6.07, 6.45) is 3.59. The molecule has 2 saturated heterocycles. The van der Waals surface area contributed by atoms with Gasteiger partial charge in [0.25, 0.3) is 0 Å². The van der Waals surface area contributed by atoms with E-state index in [0.717, 1.165) is 19.3 Å². The second kappa shape index (κ2) is 5.17. The van der Waals surface area contributed by atoms with Crippen LogP contribution in [0.5, 0.6) is 0 Å². The van der Waals surface area contributed by atoms with E-state index in [-0.39, 0.29) is 29.5 Å². The molecule has 0 aromatic carbocycles. The van der Waals surface area contributed by atoms with Gasteiger partial charge in [-0.1, -0.05) is 0 Å². The molecule has 0 spiro atoms. The number of carbonyl (C=O) groups is 1. The third-order valence-electron chi connectivity index (χ3n) is 4.02. The fourth-order valence-corrected chi connectivity index (χ4v) is 4.61. The normalized spacial score (nSPS) is 35.3. The highest BCUT2D eigenvalue weighted by Gasteiger charge is 2.35. The fraction of sp³-hybridized carbons (Fsp3) is 0.917. The molecule has 2 fully saturated rings. The molecule has 0 radical (unpaired) electrons. The largest absolute Gasteiger partial charge is 0.340 e. The molecule has 5 nitrogen and oxygen atoms in total. The van der Waals surface area contributed by atoms with Crippen molar-refractivity contribution in [2.75, 3.05) is 18.6 Å². The van der Waals surface area contributed by atoms with Crippen molar-refractivity contribution in [1.82, 2.24) is 10.2 Å². The van der Waals surface area contributed by atoms with Crippen molar-refractivity contribution >= 4 is 15.7 Å². The predicted molar refractivity (Wildman–Crippen MR) is 70.1 cm³/mol. The van der Waals surface area contributed by atoms with Crippen molar-refractivity contribution in [3.63, 3.8) is 0 Å². The molecule has 1 N–H and O–H groups in total. The van der Waals surface area contributed by atoms with E-state index in [1.807, 2.05) is 0 Å². The monoisotopic (exact) mass is 274 g/mol. The molecule has 104 valence electrons. The van der Waals surface area contributed by atoms with Crippen molar-refractivity contribution in [3.05, 3.63) is 0 Å². The summed E-state index contributed by atoms with van der Waals surface area (Å²) in [7, 11) is -1.20. The van der Waals surface area contributed by atoms with Gasteiger partial charge in [-0.2, -0.15) is 0 Å². The van der Waals surface area contributed by atoms with Crippen LogP contribution >= 0.6 is 0 Å². The SMILES string of the molecule is CC1CCCC(C(=O)N(C)C2CCS(=O)(=O)C2)N1. The Morgan fingerprint density at radius 3 is 2.56 bits per heavy atom. The Kier molecular flexibility index (Phi) is 3.96. The number of nitrogens with one attached hydrogen (secondary N) is 1. The molecule has 3 unspecified atom stereocenters. The highest BCUT2D eigenvalue weighted by molar-refractivity contribution is 7.91. The Morgan fingerprint density at radius 1 is 1.28 bits per heavy atom. The minimum absolute atomic E-state index is 0.0450. The molecule has 2 heterocycles. The first-order valence-electron chi connectivity index (χ1n) is 6.62. The van der Waals surface area contributed by atoms with Crippen LogP contribution in [0.1, 0.15) is 32.6 Å². The van der Waals surface area contributed by atoms with Crippen LogP contribution < -0.4 is 5.32 Å². The van der Waals surface area contributed by atoms with E-state index in [9.17, 15) is 13.2 Å². The lowest BCUT2D eigenvalue weighted by Crippen LogP contribution is -2.53. The fourth-order valence-electron chi connectivity index (χ4n) is 2.84. The number of carbonyl (C=O) groups excluding carboxylic acids is 1. The summed E-state index contributed by atoms with van der Waals surface area (Å²) in [5.74, 6) is 0.380. The van der Waals surface area contributed by atoms with Crippen molar-refractivity contribution in [3.8, 4) is 0 Å². The lowest BCUT2D eigenvalue weighted by Gasteiger charge is -2.33. The second-order valence-electron chi connectivity index (χ2n) is 5.56. The predicted octanol–water partition coefficient (Wildman–Crippen LogP) is 0.163. The first-order chi connectivity index (χ1) is 8.39. The van der Waals surface area contributed by atoms with Crippen LogP contribution in [0.15, 0.2) is 0 Å². The molecule has 2 rings (SSSR count). The maximum atomic E-state index is 12.3. The Balaban J connectivity index is 1.96. The maximum absolute atomic E-state index is 12.3. The number of amides is 1. The van der Waals surface area contributed by atoms with Crippen LogP contribution in [-0.2, 0) is 14.6 Å². The molecule has 0 bridgehead atoms. The molecule has 2 aliphatic rings. The molecular formula is C12H22N2O3S. The quantitative estimate of drug-likeness (QED) is 0.779. The molecule has 0 saturated carbocycles. The lowest BCUT2D eigenvalue weighted by atomic mass is 9.98. The van der Waals surface area contributed by atoms with Gasteiger partial charge >= 0.3 is 0 Å². The standard InChI is InChI=1S/C12H22N2O3S/c1-9-4-3-5-11(13-9)12(15)14(2)10-6-7-18(16,17)8-10/h9-11,13H,3-8H2,1-2H3. The van der Waals surface area contributed by atoms with Gasteiger partial charge < -0.3 is 10.2 Å². The van der Waals surface area contributed by atoms with Crippen molar-refractivity contribution < 1.29 is 13.2 Å². The highest BCUT2D eigenvalue weighted by atomic mass is 32.2. The summed E-state index contributed by atoms with van der Waals surface area (Å²) in [6.45, 7) is 2.08. The number of sulfone groups is 1. The Bertz CT molecular complexity index is 421. The summed E-state index contributed by atoms with van der Waals surface area (Å²) >= 11 is 0. The van der Waals surface area contributed by atoms with Crippen molar-refractivity contribution in [1.29, 1.82) is 0 Å². The van der Waals surface area contributed by atoms with Gasteiger partial charge in [-0.25, -0.2) is 8.42 Å². The lowest BCUT2D eigenvalue weighted by molar-refractivity contribution is -0.134. The number of piperidine rings is 1. The summed E-state index contributed by atoms with van der Waals surface area (Å²) in [5.41, 5.74) is 0. The second-order valence-corrected chi connectivity index (χ2v) is 7.79. The molecule has 0 aliphatic carbocycles. The molecule has 0 aromatic rings. The first-order valence-corrected chi connectivity index (χ1v) is 8.44. The zero-order valence-electron chi connectivity index (χ0n) is 11.1. The number of likely N-dealkylation sites (N-methyl/N-ethyl adjacent to an activating group) is 1. The summed E-state index contributed by atoms with van der Waals surface area (Å²) in [5, 5.41) is 3.30. The molecule has 18 heavy (non-hydrogen) atoms. The average molecular weight is 274 g/mol. The van der Waals surface area contributed by atoms with E-state index in [0.29, 0.717) is 12.5 Å². The Morgan fingerprint density at radius 2 is 2.00 bits per heavy atom. The summed E-state index contributed by atoms with van der Waals surface area (Å²) < 4.78 is 22.9. The third-order valence-corrected chi connectivity index (χ3v) is 5.77. The van der Waals surface area contributed by atoms with Gasteiger partial charge in [0.2, 0.25) is 5.91 Å². The zero-order chi connectivity index (χ0) is 13.3. The van der Waals surface area contributed by atoms with Crippen LogP contribution in [0.3, 0.4) is 0 Å². The maximum Gasteiger partial charge on any atom is 0.239 e. The van der Waals surface area contributed by atoms with Gasteiger partial charge in [-0.05, 0) is 32.6 Å². The van der Waals surface area contributed by atoms with E-state index in [4.69, 9.17) is 0 Å². The average Bonchev–Trinajstić information content (AvgIpc) is 2.68. The van der Waals surface area contributed by atoms with Crippen molar-refractivity contribution in [2.45, 2.75) is 50.7 Å². The summed E-state index contributed by atoms with van der Waals surface area (Å²) in [6, 6.07) is 0.0944. The first kappa shape index (κ1) is 13.8. The number of hydrogen-bond acceptors (Lipinski definition) is 4. The van der Waals surface area contributed by atoms with Crippen LogP contribution in [0.25, 0.3) is 0 Å². The number of hydrogen-bond donors (Lipinski definition) is 1. The smallest absolute Gasteiger partial charge is 0.239 e. The van der Waals surface area contributed by atoms with E-state index >= 15 is 0 Å². The Hall–Kier alpha value is -0.620. The van der Waals surface area contributed by atoms with Crippen LogP contribution in [0.4, 0.5) is 0 Å². The van der Waals surface area contributed by atoms with Gasteiger partial charge in [-0.15, -0.1) is 0 Å². The van der Waals surface area contributed by atoms with E-state index < -0.39 is 9.84 Å². The minimum Gasteiger partial charge on any atom is -0.340 e. The summed E-state index contributed by atoms with van der Waals surface area (Å²) in [4.78, 5) is 13.9. The van der Waals surface area contributed by atoms with Gasteiger partial charge in [0, 0.05) is 19.1 Å². The third kappa shape index (κ3) is 3.03. The minimum atomic E-state index is -2.93. The van der Waals surface area contributed by atoms with Crippen molar-refractivity contribution in [2.24, 2.45) is 0 Å². The van der Waals surface area contributed by atoms with E-state index in [1.165, 1.54) is 0 Å². The van der Waals surface area contributed by atoms with E-state index in [1.54, 1.807) is 11.9 Å². The highest BCUT2D eigenvalue weighted by Crippen LogP contribution is 2.20.